The third-order valence-corrected chi connectivity index (χ3v) is 5.59. The van der Waals surface area contributed by atoms with Crippen LogP contribution in [0.2, 0.25) is 0 Å². The van der Waals surface area contributed by atoms with E-state index < -0.39 is 11.7 Å². The minimum Gasteiger partial charge on any atom is -0.428 e. The second-order valence-electron chi connectivity index (χ2n) is 8.11. The van der Waals surface area contributed by atoms with Gasteiger partial charge < -0.3 is 19.9 Å². The lowest BCUT2D eigenvalue weighted by Gasteiger charge is -2.23. The molecule has 0 spiro atoms. The topological polar surface area (TPSA) is 83.5 Å². The third kappa shape index (κ3) is 5.04. The lowest BCUT2D eigenvalue weighted by atomic mass is 10.0. The van der Waals surface area contributed by atoms with Gasteiger partial charge >= 0.3 is 6.18 Å². The molecule has 8 nitrogen and oxygen atoms in total. The minimum atomic E-state index is -4.58. The van der Waals surface area contributed by atoms with E-state index in [4.69, 9.17) is 4.74 Å². The van der Waals surface area contributed by atoms with Crippen molar-refractivity contribution in [2.45, 2.75) is 12.2 Å². The summed E-state index contributed by atoms with van der Waals surface area (Å²) in [5, 5.41) is 13.3. The summed E-state index contributed by atoms with van der Waals surface area (Å²) in [7, 11) is 4.11. The Balaban J connectivity index is 1.76. The molecule has 1 aliphatic heterocycles. The highest BCUT2D eigenvalue weighted by Crippen LogP contribution is 2.39. The van der Waals surface area contributed by atoms with Gasteiger partial charge in [-0.15, -0.1) is 10.2 Å². The standard InChI is InChI=1S/C22H23F3N6O2/c1-30-7-8-31(2)12-15(11-30)27-21-18-10-26-6-5-16(18)20(28-29-21)17-4-3-14(22(23,24)25)9-19(17)33-13-32/h3-6,9-10,13,15H,7-8,11-12H2,1-2H3,(H,27,29). The molecule has 0 amide bonds. The molecule has 4 rings (SSSR count). The monoisotopic (exact) mass is 460 g/mol. The molecule has 0 unspecified atom stereocenters. The van der Waals surface area contributed by atoms with Gasteiger partial charge in [0.2, 0.25) is 0 Å². The highest BCUT2D eigenvalue weighted by atomic mass is 19.4. The Kier molecular flexibility index (Phi) is 6.43. The van der Waals surface area contributed by atoms with Crippen molar-refractivity contribution in [1.82, 2.24) is 25.0 Å². The summed E-state index contributed by atoms with van der Waals surface area (Å²) in [5.41, 5.74) is -0.417. The van der Waals surface area contributed by atoms with E-state index in [1.807, 2.05) is 0 Å². The van der Waals surface area contributed by atoms with Crippen LogP contribution < -0.4 is 10.1 Å². The van der Waals surface area contributed by atoms with Crippen molar-refractivity contribution in [3.05, 3.63) is 42.2 Å². The summed E-state index contributed by atoms with van der Waals surface area (Å²) >= 11 is 0. The number of carbonyl (C=O) groups excluding carboxylic acids is 1. The molecule has 174 valence electrons. The summed E-state index contributed by atoms with van der Waals surface area (Å²) in [4.78, 5) is 19.6. The summed E-state index contributed by atoms with van der Waals surface area (Å²) in [5.74, 6) is 0.278. The number of pyridine rings is 1. The van der Waals surface area contributed by atoms with Crippen molar-refractivity contribution in [2.24, 2.45) is 0 Å². The number of nitrogens with one attached hydrogen (secondary N) is 1. The van der Waals surface area contributed by atoms with Gasteiger partial charge in [0.05, 0.1) is 11.6 Å². The lowest BCUT2D eigenvalue weighted by Crippen LogP contribution is -2.37. The molecule has 33 heavy (non-hydrogen) atoms. The fraction of sp³-hybridized carbons (Fsp3) is 0.364. The molecule has 0 bridgehead atoms. The maximum absolute atomic E-state index is 13.2. The Hall–Kier alpha value is -3.31. The van der Waals surface area contributed by atoms with E-state index in [0.717, 1.165) is 38.3 Å². The smallest absolute Gasteiger partial charge is 0.416 e. The first kappa shape index (κ1) is 22.9. The summed E-state index contributed by atoms with van der Waals surface area (Å²) in [6, 6.07) is 4.73. The molecule has 3 aromatic rings. The second kappa shape index (κ2) is 9.28. The zero-order chi connectivity index (χ0) is 23.6. The van der Waals surface area contributed by atoms with E-state index in [1.54, 1.807) is 18.5 Å². The highest BCUT2D eigenvalue weighted by Gasteiger charge is 2.32. The zero-order valence-electron chi connectivity index (χ0n) is 18.1. The average Bonchev–Trinajstić information content (AvgIpc) is 2.93. The molecular weight excluding hydrogens is 437 g/mol. The number of hydrogen-bond donors (Lipinski definition) is 1. The van der Waals surface area contributed by atoms with E-state index in [-0.39, 0.29) is 23.8 Å². The van der Waals surface area contributed by atoms with Gasteiger partial charge in [-0.05, 0) is 38.4 Å². The molecule has 1 N–H and O–H groups in total. The van der Waals surface area contributed by atoms with Crippen LogP contribution >= 0.6 is 0 Å². The number of hydrogen-bond acceptors (Lipinski definition) is 8. The predicted octanol–water partition coefficient (Wildman–Crippen LogP) is 2.90. The molecule has 0 saturated carbocycles. The van der Waals surface area contributed by atoms with Gasteiger partial charge in [-0.3, -0.25) is 9.78 Å². The van der Waals surface area contributed by atoms with E-state index >= 15 is 0 Å². The SMILES string of the molecule is CN1CCN(C)CC(Nc2nnc(-c3ccc(C(F)(F)F)cc3OC=O)c3ccncc23)C1. The number of aromatic nitrogens is 3. The van der Waals surface area contributed by atoms with Gasteiger partial charge in [0.25, 0.3) is 6.47 Å². The van der Waals surface area contributed by atoms with Crippen molar-refractivity contribution in [2.75, 3.05) is 45.6 Å². The van der Waals surface area contributed by atoms with E-state index in [1.165, 1.54) is 6.07 Å². The normalized spacial score (nSPS) is 16.5. The molecule has 0 aliphatic carbocycles. The largest absolute Gasteiger partial charge is 0.428 e. The summed E-state index contributed by atoms with van der Waals surface area (Å²) in [6.07, 6.45) is -1.39. The van der Waals surface area contributed by atoms with Crippen LogP contribution in [0.5, 0.6) is 5.75 Å². The van der Waals surface area contributed by atoms with Crippen LogP contribution in [0, 0.1) is 0 Å². The maximum atomic E-state index is 13.2. The molecule has 1 aliphatic rings. The number of likely N-dealkylation sites (N-methyl/N-ethyl adjacent to an activating group) is 2. The molecule has 11 heteroatoms. The van der Waals surface area contributed by atoms with Gasteiger partial charge in [0.15, 0.2) is 5.82 Å². The van der Waals surface area contributed by atoms with Crippen molar-refractivity contribution in [1.29, 1.82) is 0 Å². The number of anilines is 1. The minimum absolute atomic E-state index is 0.0884. The van der Waals surface area contributed by atoms with Crippen molar-refractivity contribution >= 4 is 23.1 Å². The van der Waals surface area contributed by atoms with Gasteiger partial charge in [0, 0.05) is 54.9 Å². The number of nitrogens with zero attached hydrogens (tertiary/aromatic N) is 5. The van der Waals surface area contributed by atoms with Gasteiger partial charge in [-0.1, -0.05) is 0 Å². The van der Waals surface area contributed by atoms with Crippen LogP contribution in [0.3, 0.4) is 0 Å². The first-order chi connectivity index (χ1) is 15.8. The van der Waals surface area contributed by atoms with E-state index in [9.17, 15) is 18.0 Å². The molecule has 3 heterocycles. The first-order valence-corrected chi connectivity index (χ1v) is 10.3. The van der Waals surface area contributed by atoms with E-state index in [0.29, 0.717) is 22.3 Å². The molecule has 0 radical (unpaired) electrons. The van der Waals surface area contributed by atoms with Gasteiger partial charge in [-0.25, -0.2) is 0 Å². The third-order valence-electron chi connectivity index (χ3n) is 5.59. The number of rotatable bonds is 5. The fourth-order valence-corrected chi connectivity index (χ4v) is 3.97. The van der Waals surface area contributed by atoms with E-state index in [2.05, 4.69) is 44.4 Å². The van der Waals surface area contributed by atoms with Crippen LogP contribution in [0.25, 0.3) is 22.0 Å². The Morgan fingerprint density at radius 3 is 2.48 bits per heavy atom. The fourth-order valence-electron chi connectivity index (χ4n) is 3.97. The molecule has 0 atom stereocenters. The molecule has 1 fully saturated rings. The van der Waals surface area contributed by atoms with Gasteiger partial charge in [-0.2, -0.15) is 13.2 Å². The predicted molar refractivity (Wildman–Crippen MR) is 117 cm³/mol. The maximum Gasteiger partial charge on any atom is 0.416 e. The van der Waals surface area contributed by atoms with Gasteiger partial charge in [0.1, 0.15) is 11.4 Å². The lowest BCUT2D eigenvalue weighted by molar-refractivity contribution is -0.138. The Morgan fingerprint density at radius 2 is 1.82 bits per heavy atom. The molecular formula is C22H23F3N6O2. The van der Waals surface area contributed by atoms with Crippen LogP contribution in [-0.2, 0) is 11.0 Å². The number of benzene rings is 1. The van der Waals surface area contributed by atoms with Crippen LogP contribution in [0.4, 0.5) is 19.0 Å². The first-order valence-electron chi connectivity index (χ1n) is 10.3. The van der Waals surface area contributed by atoms with Crippen molar-refractivity contribution in [3.63, 3.8) is 0 Å². The number of alkyl halides is 3. The molecule has 2 aromatic heterocycles. The number of fused-ring (bicyclic) bond motifs is 1. The number of carbonyl (C=O) groups is 1. The summed E-state index contributed by atoms with van der Waals surface area (Å²) < 4.78 is 44.4. The van der Waals surface area contributed by atoms with Crippen molar-refractivity contribution < 1.29 is 22.7 Å². The van der Waals surface area contributed by atoms with Crippen LogP contribution in [0.1, 0.15) is 5.56 Å². The van der Waals surface area contributed by atoms with Crippen molar-refractivity contribution in [3.8, 4) is 17.0 Å². The highest BCUT2D eigenvalue weighted by molar-refractivity contribution is 6.00. The Bertz CT molecular complexity index is 1140. The molecule has 1 aromatic carbocycles. The Morgan fingerprint density at radius 1 is 1.09 bits per heavy atom. The Labute approximate surface area is 188 Å². The second-order valence-corrected chi connectivity index (χ2v) is 8.11. The molecule has 1 saturated heterocycles. The zero-order valence-corrected chi connectivity index (χ0v) is 18.1. The number of ether oxygens (including phenoxy) is 1. The van der Waals surface area contributed by atoms with Crippen LogP contribution in [-0.4, -0.2) is 77.8 Å². The summed E-state index contributed by atoms with van der Waals surface area (Å²) in [6.45, 7) is 3.62. The number of halogens is 3. The average molecular weight is 460 g/mol. The van der Waals surface area contributed by atoms with Crippen LogP contribution in [0.15, 0.2) is 36.7 Å². The quantitative estimate of drug-likeness (QED) is 0.582.